The second-order valence-corrected chi connectivity index (χ2v) is 2.91. The molecule has 1 N–H and O–H groups in total. The summed E-state index contributed by atoms with van der Waals surface area (Å²) in [5.41, 5.74) is 1.29. The van der Waals surface area contributed by atoms with E-state index in [4.69, 9.17) is 5.11 Å². The molecule has 70 valence electrons. The molecule has 0 saturated carbocycles. The summed E-state index contributed by atoms with van der Waals surface area (Å²) in [5.74, 6) is -0.871. The molecule has 0 fully saturated rings. The normalized spacial score (nSPS) is 11.7. The molecule has 0 spiro atoms. The fraction of sp³-hybridized carbons (Fsp3) is 0.300. The predicted molar refractivity (Wildman–Crippen MR) is 51.4 cm³/mol. The van der Waals surface area contributed by atoms with Gasteiger partial charge in [0, 0.05) is 24.5 Å². The van der Waals surface area contributed by atoms with Crippen molar-refractivity contribution in [3.8, 4) is 0 Å². The first kappa shape index (κ1) is 9.58. The van der Waals surface area contributed by atoms with Gasteiger partial charge in [0.05, 0.1) is 0 Å². The summed E-state index contributed by atoms with van der Waals surface area (Å²) in [6, 6.07) is 1.90. The number of hydrogen-bond donors (Lipinski definition) is 1. The lowest BCUT2D eigenvalue weighted by molar-refractivity contribution is -0.132. The molecule has 0 bridgehead atoms. The lowest BCUT2D eigenvalue weighted by Crippen LogP contribution is -1.95. The molecule has 0 radical (unpaired) electrons. The summed E-state index contributed by atoms with van der Waals surface area (Å²) in [7, 11) is 0. The third-order valence-electron chi connectivity index (χ3n) is 1.86. The second-order valence-electron chi connectivity index (χ2n) is 2.91. The van der Waals surface area contributed by atoms with Gasteiger partial charge in [-0.15, -0.1) is 0 Å². The SMILES string of the molecule is CCn1ccc(C=C(C)C(=O)O)c1. The van der Waals surface area contributed by atoms with E-state index in [2.05, 4.69) is 0 Å². The monoisotopic (exact) mass is 179 g/mol. The van der Waals surface area contributed by atoms with E-state index in [9.17, 15) is 4.79 Å². The average Bonchev–Trinajstić information content (AvgIpc) is 2.52. The quantitative estimate of drug-likeness (QED) is 0.721. The van der Waals surface area contributed by atoms with Crippen molar-refractivity contribution < 1.29 is 9.90 Å². The molecule has 0 unspecified atom stereocenters. The number of aliphatic carboxylic acids is 1. The van der Waals surface area contributed by atoms with Gasteiger partial charge < -0.3 is 9.67 Å². The zero-order chi connectivity index (χ0) is 9.84. The number of rotatable bonds is 3. The van der Waals surface area contributed by atoms with Crippen LogP contribution in [-0.4, -0.2) is 15.6 Å². The Labute approximate surface area is 77.3 Å². The van der Waals surface area contributed by atoms with Crippen LogP contribution in [0.15, 0.2) is 24.0 Å². The van der Waals surface area contributed by atoms with Crippen molar-refractivity contribution >= 4 is 12.0 Å². The minimum atomic E-state index is -0.871. The highest BCUT2D eigenvalue weighted by molar-refractivity contribution is 5.91. The van der Waals surface area contributed by atoms with E-state index in [-0.39, 0.29) is 0 Å². The van der Waals surface area contributed by atoms with Gasteiger partial charge in [0.25, 0.3) is 0 Å². The molecule has 0 aliphatic rings. The molecule has 0 aliphatic heterocycles. The number of nitrogens with zero attached hydrogens (tertiary/aromatic N) is 1. The van der Waals surface area contributed by atoms with Gasteiger partial charge in [-0.05, 0) is 31.6 Å². The molecule has 1 rings (SSSR count). The zero-order valence-electron chi connectivity index (χ0n) is 7.82. The van der Waals surface area contributed by atoms with E-state index in [0.29, 0.717) is 5.57 Å². The smallest absolute Gasteiger partial charge is 0.331 e. The van der Waals surface area contributed by atoms with Crippen molar-refractivity contribution in [2.24, 2.45) is 0 Å². The Hall–Kier alpha value is -1.51. The van der Waals surface area contributed by atoms with Crippen LogP contribution in [0.1, 0.15) is 19.4 Å². The maximum absolute atomic E-state index is 10.5. The first-order valence-electron chi connectivity index (χ1n) is 4.21. The van der Waals surface area contributed by atoms with Crippen molar-refractivity contribution in [3.05, 3.63) is 29.6 Å². The minimum Gasteiger partial charge on any atom is -0.478 e. The van der Waals surface area contributed by atoms with Gasteiger partial charge in [-0.2, -0.15) is 0 Å². The molecule has 13 heavy (non-hydrogen) atoms. The number of carbonyl (C=O) groups is 1. The van der Waals surface area contributed by atoms with E-state index in [1.165, 1.54) is 0 Å². The molecule has 3 nitrogen and oxygen atoms in total. The first-order chi connectivity index (χ1) is 6.13. The summed E-state index contributed by atoms with van der Waals surface area (Å²) in [6.07, 6.45) is 5.52. The third kappa shape index (κ3) is 2.47. The number of carboxylic acids is 1. The summed E-state index contributed by atoms with van der Waals surface area (Å²) in [4.78, 5) is 10.5. The van der Waals surface area contributed by atoms with Crippen molar-refractivity contribution in [3.63, 3.8) is 0 Å². The Balaban J connectivity index is 2.84. The fourth-order valence-electron chi connectivity index (χ4n) is 1.05. The molecule has 1 aromatic rings. The van der Waals surface area contributed by atoms with Crippen LogP contribution in [-0.2, 0) is 11.3 Å². The maximum Gasteiger partial charge on any atom is 0.331 e. The number of aryl methyl sites for hydroxylation is 1. The van der Waals surface area contributed by atoms with E-state index in [0.717, 1.165) is 12.1 Å². The first-order valence-corrected chi connectivity index (χ1v) is 4.21. The van der Waals surface area contributed by atoms with Crippen molar-refractivity contribution in [2.45, 2.75) is 20.4 Å². The van der Waals surface area contributed by atoms with Crippen molar-refractivity contribution in [2.75, 3.05) is 0 Å². The standard InChI is InChI=1S/C10H13NO2/c1-3-11-5-4-9(7-11)6-8(2)10(12)13/h4-7H,3H2,1-2H3,(H,12,13). The van der Waals surface area contributed by atoms with Crippen LogP contribution in [0.25, 0.3) is 6.08 Å². The molecule has 0 saturated heterocycles. The molecule has 1 aromatic heterocycles. The average molecular weight is 179 g/mol. The number of hydrogen-bond acceptors (Lipinski definition) is 1. The molecule has 0 amide bonds. The van der Waals surface area contributed by atoms with Crippen molar-refractivity contribution in [1.82, 2.24) is 4.57 Å². The highest BCUT2D eigenvalue weighted by atomic mass is 16.4. The van der Waals surface area contributed by atoms with E-state index in [1.54, 1.807) is 13.0 Å². The Morgan fingerprint density at radius 3 is 2.85 bits per heavy atom. The van der Waals surface area contributed by atoms with Gasteiger partial charge in [-0.25, -0.2) is 4.79 Å². The Morgan fingerprint density at radius 2 is 2.38 bits per heavy atom. The van der Waals surface area contributed by atoms with Crippen LogP contribution in [0.4, 0.5) is 0 Å². The van der Waals surface area contributed by atoms with Crippen LogP contribution in [0, 0.1) is 0 Å². The van der Waals surface area contributed by atoms with Crippen LogP contribution in [0.2, 0.25) is 0 Å². The zero-order valence-corrected chi connectivity index (χ0v) is 7.82. The van der Waals surface area contributed by atoms with Crippen LogP contribution < -0.4 is 0 Å². The fourth-order valence-corrected chi connectivity index (χ4v) is 1.05. The largest absolute Gasteiger partial charge is 0.478 e. The topological polar surface area (TPSA) is 42.2 Å². The Morgan fingerprint density at radius 1 is 1.69 bits per heavy atom. The molecular formula is C10H13NO2. The molecule has 0 aliphatic carbocycles. The van der Waals surface area contributed by atoms with E-state index >= 15 is 0 Å². The Kier molecular flexibility index (Phi) is 2.90. The lowest BCUT2D eigenvalue weighted by Gasteiger charge is -1.93. The van der Waals surface area contributed by atoms with Crippen LogP contribution in [0.3, 0.4) is 0 Å². The lowest BCUT2D eigenvalue weighted by atomic mass is 10.2. The van der Waals surface area contributed by atoms with Crippen LogP contribution >= 0.6 is 0 Å². The van der Waals surface area contributed by atoms with Gasteiger partial charge in [0.2, 0.25) is 0 Å². The van der Waals surface area contributed by atoms with Gasteiger partial charge >= 0.3 is 5.97 Å². The highest BCUT2D eigenvalue weighted by Gasteiger charge is 2.00. The summed E-state index contributed by atoms with van der Waals surface area (Å²) in [6.45, 7) is 4.53. The second kappa shape index (κ2) is 3.94. The van der Waals surface area contributed by atoms with Gasteiger partial charge in [-0.3, -0.25) is 0 Å². The predicted octanol–water partition coefficient (Wildman–Crippen LogP) is 2.00. The molecule has 3 heteroatoms. The highest BCUT2D eigenvalue weighted by Crippen LogP contribution is 2.07. The number of aromatic nitrogens is 1. The van der Waals surface area contributed by atoms with Gasteiger partial charge in [0.15, 0.2) is 0 Å². The van der Waals surface area contributed by atoms with Crippen molar-refractivity contribution in [1.29, 1.82) is 0 Å². The number of carboxylic acid groups (broad SMARTS) is 1. The van der Waals surface area contributed by atoms with Gasteiger partial charge in [-0.1, -0.05) is 0 Å². The third-order valence-corrected chi connectivity index (χ3v) is 1.86. The summed E-state index contributed by atoms with van der Waals surface area (Å²) in [5, 5.41) is 8.63. The Bertz CT molecular complexity index is 336. The minimum absolute atomic E-state index is 0.355. The van der Waals surface area contributed by atoms with E-state index in [1.807, 2.05) is 30.0 Å². The molecule has 1 heterocycles. The van der Waals surface area contributed by atoms with Crippen LogP contribution in [0.5, 0.6) is 0 Å². The van der Waals surface area contributed by atoms with E-state index < -0.39 is 5.97 Å². The molecular weight excluding hydrogens is 166 g/mol. The molecule has 0 aromatic carbocycles. The van der Waals surface area contributed by atoms with Gasteiger partial charge in [0.1, 0.15) is 0 Å². The molecule has 0 atom stereocenters. The maximum atomic E-state index is 10.5. The summed E-state index contributed by atoms with van der Waals surface area (Å²) < 4.78 is 2.00. The summed E-state index contributed by atoms with van der Waals surface area (Å²) >= 11 is 0.